The van der Waals surface area contributed by atoms with Crippen LogP contribution < -0.4 is 16.0 Å². The number of likely N-dealkylation sites (N-methyl/N-ethyl adjacent to an activating group) is 1. The Labute approximate surface area is 245 Å². The summed E-state index contributed by atoms with van der Waals surface area (Å²) in [5.74, 6) is -1.03. The highest BCUT2D eigenvalue weighted by Gasteiger charge is 2.46. The van der Waals surface area contributed by atoms with Crippen molar-refractivity contribution < 1.29 is 19.2 Å². The number of carbonyl (C=O) groups excluding carboxylic acids is 4. The Morgan fingerprint density at radius 1 is 1.02 bits per heavy atom. The number of hydrogen-bond donors (Lipinski definition) is 3. The van der Waals surface area contributed by atoms with Crippen LogP contribution in [-0.2, 0) is 25.6 Å². The monoisotopic (exact) mass is 567 g/mol. The predicted octanol–water partition coefficient (Wildman–Crippen LogP) is 2.94. The Balaban J connectivity index is 1.60. The number of fused-ring (bicyclic) bond motifs is 1. The van der Waals surface area contributed by atoms with Crippen molar-refractivity contribution in [3.05, 3.63) is 35.4 Å². The highest BCUT2D eigenvalue weighted by atomic mass is 16.2. The van der Waals surface area contributed by atoms with Gasteiger partial charge >= 0.3 is 0 Å². The van der Waals surface area contributed by atoms with Gasteiger partial charge in [-0.25, -0.2) is 0 Å². The fourth-order valence-electron chi connectivity index (χ4n) is 6.92. The second-order valence-electron chi connectivity index (χ2n) is 12.2. The van der Waals surface area contributed by atoms with Gasteiger partial charge < -0.3 is 25.8 Å². The Morgan fingerprint density at radius 3 is 2.44 bits per heavy atom. The molecule has 5 unspecified atom stereocenters. The lowest BCUT2D eigenvalue weighted by Gasteiger charge is -2.38. The number of amides is 4. The average molecular weight is 568 g/mol. The molecule has 1 aliphatic heterocycles. The summed E-state index contributed by atoms with van der Waals surface area (Å²) >= 11 is 0. The summed E-state index contributed by atoms with van der Waals surface area (Å²) in [6.07, 6.45) is 8.58. The van der Waals surface area contributed by atoms with E-state index >= 15 is 0 Å². The maximum Gasteiger partial charge on any atom is 0.245 e. The van der Waals surface area contributed by atoms with Crippen LogP contribution in [0.1, 0.15) is 89.3 Å². The molecule has 0 radical (unpaired) electrons. The van der Waals surface area contributed by atoms with Crippen molar-refractivity contribution in [1.29, 1.82) is 0 Å². The molecule has 0 bridgehead atoms. The zero-order chi connectivity index (χ0) is 29.5. The molecule has 1 saturated carbocycles. The maximum atomic E-state index is 14.4. The number of nitrogens with zero attached hydrogens (tertiary/aromatic N) is 2. The molecule has 0 aromatic heterocycles. The normalized spacial score (nSPS) is 24.2. The molecule has 0 spiro atoms. The molecule has 226 valence electrons. The molecule has 9 heteroatoms. The molecule has 1 aromatic carbocycles. The molecule has 4 rings (SSSR count). The summed E-state index contributed by atoms with van der Waals surface area (Å²) in [6, 6.07) is 6.66. The van der Waals surface area contributed by atoms with E-state index in [1.807, 2.05) is 24.0 Å². The topological polar surface area (TPSA) is 111 Å². The molecule has 4 amide bonds. The molecule has 1 heterocycles. The van der Waals surface area contributed by atoms with Crippen LogP contribution >= 0.6 is 0 Å². The van der Waals surface area contributed by atoms with Gasteiger partial charge in [-0.15, -0.1) is 0 Å². The largest absolute Gasteiger partial charge is 0.349 e. The van der Waals surface area contributed by atoms with Crippen molar-refractivity contribution in [3.8, 4) is 0 Å². The molecular weight excluding hydrogens is 518 g/mol. The van der Waals surface area contributed by atoms with Gasteiger partial charge in [0.25, 0.3) is 0 Å². The summed E-state index contributed by atoms with van der Waals surface area (Å²) in [7, 11) is 1.73. The standard InChI is InChI=1S/C32H49N5O4/c1-5-18-37(32(41)29(24-13-7-6-8-14-24)35-30(39)21(2)33-4)28-20-36(22(3)38)19-26(28)31(40)34-27-17-11-15-23-12-9-10-16-25(23)27/h9-10,12,16,21,24,26-29,33H,5-8,11,13-15,17-20H2,1-4H3,(H,34,40)(H,35,39). The van der Waals surface area contributed by atoms with Gasteiger partial charge in [0, 0.05) is 26.6 Å². The Bertz CT molecular complexity index is 1090. The third kappa shape index (κ3) is 7.29. The molecule has 5 atom stereocenters. The third-order valence-corrected chi connectivity index (χ3v) is 9.42. The number of benzene rings is 1. The number of nitrogens with one attached hydrogen (secondary N) is 3. The van der Waals surface area contributed by atoms with Crippen molar-refractivity contribution in [2.75, 3.05) is 26.7 Å². The van der Waals surface area contributed by atoms with Gasteiger partial charge in [0.05, 0.1) is 24.0 Å². The minimum absolute atomic E-state index is 0.0555. The van der Waals surface area contributed by atoms with E-state index in [0.717, 1.165) is 56.9 Å². The molecule has 3 aliphatic rings. The zero-order valence-electron chi connectivity index (χ0n) is 25.3. The van der Waals surface area contributed by atoms with Crippen LogP contribution in [0, 0.1) is 11.8 Å². The zero-order valence-corrected chi connectivity index (χ0v) is 25.3. The second-order valence-corrected chi connectivity index (χ2v) is 12.2. The fourth-order valence-corrected chi connectivity index (χ4v) is 6.92. The second kappa shape index (κ2) is 14.3. The van der Waals surface area contributed by atoms with E-state index in [9.17, 15) is 19.2 Å². The molecule has 2 fully saturated rings. The summed E-state index contributed by atoms with van der Waals surface area (Å²) in [4.78, 5) is 57.4. The summed E-state index contributed by atoms with van der Waals surface area (Å²) < 4.78 is 0. The van der Waals surface area contributed by atoms with Crippen LogP contribution in [0.5, 0.6) is 0 Å². The third-order valence-electron chi connectivity index (χ3n) is 9.42. The van der Waals surface area contributed by atoms with Gasteiger partial charge in [-0.05, 0) is 69.5 Å². The van der Waals surface area contributed by atoms with E-state index in [-0.39, 0.29) is 42.1 Å². The fraction of sp³-hybridized carbons (Fsp3) is 0.688. The molecular formula is C32H49N5O4. The quantitative estimate of drug-likeness (QED) is 0.403. The average Bonchev–Trinajstić information content (AvgIpc) is 3.44. The number of carbonyl (C=O) groups is 4. The summed E-state index contributed by atoms with van der Waals surface area (Å²) in [5.41, 5.74) is 2.42. The highest BCUT2D eigenvalue weighted by molar-refractivity contribution is 5.91. The first-order chi connectivity index (χ1) is 19.7. The molecule has 1 aromatic rings. The van der Waals surface area contributed by atoms with Crippen LogP contribution in [0.25, 0.3) is 0 Å². The Hall–Kier alpha value is -2.94. The Morgan fingerprint density at radius 2 is 1.76 bits per heavy atom. The minimum atomic E-state index is -0.648. The maximum absolute atomic E-state index is 14.4. The van der Waals surface area contributed by atoms with Crippen LogP contribution in [0.3, 0.4) is 0 Å². The van der Waals surface area contributed by atoms with Gasteiger partial charge in [-0.2, -0.15) is 0 Å². The lowest BCUT2D eigenvalue weighted by atomic mass is 9.82. The number of hydrogen-bond acceptors (Lipinski definition) is 5. The number of aryl methyl sites for hydroxylation is 1. The Kier molecular flexibility index (Phi) is 10.8. The van der Waals surface area contributed by atoms with Gasteiger partial charge in [-0.1, -0.05) is 50.5 Å². The summed E-state index contributed by atoms with van der Waals surface area (Å²) in [5, 5.41) is 9.35. The van der Waals surface area contributed by atoms with Gasteiger partial charge in [0.1, 0.15) is 6.04 Å². The molecule has 1 saturated heterocycles. The van der Waals surface area contributed by atoms with E-state index in [4.69, 9.17) is 0 Å². The van der Waals surface area contributed by atoms with E-state index in [1.54, 1.807) is 18.9 Å². The van der Waals surface area contributed by atoms with Crippen LogP contribution in [0.2, 0.25) is 0 Å². The predicted molar refractivity (Wildman–Crippen MR) is 159 cm³/mol. The lowest BCUT2D eigenvalue weighted by Crippen LogP contribution is -2.59. The van der Waals surface area contributed by atoms with Crippen molar-refractivity contribution in [2.24, 2.45) is 11.8 Å². The van der Waals surface area contributed by atoms with Gasteiger partial charge in [0.15, 0.2) is 0 Å². The van der Waals surface area contributed by atoms with E-state index in [1.165, 1.54) is 12.5 Å². The lowest BCUT2D eigenvalue weighted by molar-refractivity contribution is -0.142. The number of rotatable bonds is 10. The van der Waals surface area contributed by atoms with Crippen molar-refractivity contribution in [3.63, 3.8) is 0 Å². The smallest absolute Gasteiger partial charge is 0.245 e. The molecule has 2 aliphatic carbocycles. The van der Waals surface area contributed by atoms with Crippen molar-refractivity contribution in [1.82, 2.24) is 25.8 Å². The first-order valence-electron chi connectivity index (χ1n) is 15.7. The van der Waals surface area contributed by atoms with Crippen molar-refractivity contribution in [2.45, 2.75) is 103 Å². The van der Waals surface area contributed by atoms with Gasteiger partial charge in [0.2, 0.25) is 23.6 Å². The SMILES string of the molecule is CCCN(C(=O)C(NC(=O)C(C)NC)C1CCCCC1)C1CN(C(C)=O)CC1C(=O)NC1CCCc2ccccc21. The van der Waals surface area contributed by atoms with Gasteiger partial charge in [-0.3, -0.25) is 19.2 Å². The van der Waals surface area contributed by atoms with E-state index in [2.05, 4.69) is 28.1 Å². The summed E-state index contributed by atoms with van der Waals surface area (Å²) in [6.45, 7) is 6.39. The van der Waals surface area contributed by atoms with Crippen LogP contribution in [0.4, 0.5) is 0 Å². The minimum Gasteiger partial charge on any atom is -0.349 e. The number of likely N-dealkylation sites (tertiary alicyclic amines) is 1. The molecule has 9 nitrogen and oxygen atoms in total. The highest BCUT2D eigenvalue weighted by Crippen LogP contribution is 2.33. The molecule has 41 heavy (non-hydrogen) atoms. The molecule has 3 N–H and O–H groups in total. The van der Waals surface area contributed by atoms with E-state index in [0.29, 0.717) is 19.5 Å². The van der Waals surface area contributed by atoms with Crippen LogP contribution in [-0.4, -0.2) is 78.2 Å². The first-order valence-corrected chi connectivity index (χ1v) is 15.7. The van der Waals surface area contributed by atoms with Crippen LogP contribution in [0.15, 0.2) is 24.3 Å². The van der Waals surface area contributed by atoms with Crippen molar-refractivity contribution >= 4 is 23.6 Å². The first kappa shape index (κ1) is 31.0. The van der Waals surface area contributed by atoms with E-state index < -0.39 is 24.0 Å².